The second-order valence-electron chi connectivity index (χ2n) is 4.16. The quantitative estimate of drug-likeness (QED) is 0.466. The zero-order valence-corrected chi connectivity index (χ0v) is 10.9. The van der Waals surface area contributed by atoms with E-state index < -0.39 is 21.2 Å². The molecule has 0 radical (unpaired) electrons. The summed E-state index contributed by atoms with van der Waals surface area (Å²) in [5.41, 5.74) is -0.822. The topological polar surface area (TPSA) is 129 Å². The third-order valence-electron chi connectivity index (χ3n) is 2.71. The maximum absolute atomic E-state index is 10.9. The van der Waals surface area contributed by atoms with Gasteiger partial charge in [0.15, 0.2) is 0 Å². The predicted octanol–water partition coefficient (Wildman–Crippen LogP) is 1.60. The molecule has 2 heterocycles. The molecule has 0 saturated heterocycles. The number of aryl methyl sites for hydroxylation is 1. The minimum absolute atomic E-state index is 0.0243. The monoisotopic (exact) mass is 292 g/mol. The Hall–Kier alpha value is -3.04. The van der Waals surface area contributed by atoms with Crippen molar-refractivity contribution in [1.82, 2.24) is 14.5 Å². The van der Waals surface area contributed by atoms with Crippen LogP contribution in [0.2, 0.25) is 0 Å². The average molecular weight is 292 g/mol. The van der Waals surface area contributed by atoms with Gasteiger partial charge >= 0.3 is 5.69 Å². The van der Waals surface area contributed by atoms with Gasteiger partial charge in [-0.05, 0) is 6.42 Å². The number of hydrogen-bond acceptors (Lipinski definition) is 7. The lowest BCUT2D eigenvalue weighted by molar-refractivity contribution is -0.394. The fourth-order valence-electron chi connectivity index (χ4n) is 1.71. The van der Waals surface area contributed by atoms with Crippen LogP contribution in [-0.4, -0.2) is 30.9 Å². The number of pyridine rings is 1. The van der Waals surface area contributed by atoms with Crippen LogP contribution in [0.15, 0.2) is 31.0 Å². The Balaban J connectivity index is 1.98. The van der Waals surface area contributed by atoms with Crippen molar-refractivity contribution in [1.29, 1.82) is 0 Å². The second-order valence-corrected chi connectivity index (χ2v) is 4.16. The van der Waals surface area contributed by atoms with Crippen LogP contribution in [0.5, 0.6) is 0 Å². The van der Waals surface area contributed by atoms with Crippen molar-refractivity contribution in [2.45, 2.75) is 13.0 Å². The van der Waals surface area contributed by atoms with Crippen LogP contribution >= 0.6 is 0 Å². The van der Waals surface area contributed by atoms with E-state index >= 15 is 0 Å². The first-order chi connectivity index (χ1) is 10.1. The summed E-state index contributed by atoms with van der Waals surface area (Å²) in [6, 6.07) is 0.894. The molecule has 10 nitrogen and oxygen atoms in total. The molecule has 0 aromatic carbocycles. The molecule has 1 N–H and O–H groups in total. The standard InChI is InChI=1S/C11H12N6O4/c18-16(19)9-6-10(17(20)21)11(14-7-9)13-2-1-4-15-5-3-12-8-15/h3,5-8H,1-2,4H2,(H,13,14). The molecule has 0 amide bonds. The van der Waals surface area contributed by atoms with E-state index in [1.54, 1.807) is 12.5 Å². The van der Waals surface area contributed by atoms with Crippen molar-refractivity contribution >= 4 is 17.2 Å². The lowest BCUT2D eigenvalue weighted by Gasteiger charge is -2.06. The van der Waals surface area contributed by atoms with E-state index in [1.165, 1.54) is 0 Å². The number of nitrogens with one attached hydrogen (secondary N) is 1. The van der Waals surface area contributed by atoms with Crippen LogP contribution in [0.4, 0.5) is 17.2 Å². The third-order valence-corrected chi connectivity index (χ3v) is 2.71. The fraction of sp³-hybridized carbons (Fsp3) is 0.273. The number of hydrogen-bond donors (Lipinski definition) is 1. The molecule has 0 spiro atoms. The molecule has 0 unspecified atom stereocenters. The van der Waals surface area contributed by atoms with Crippen LogP contribution in [0.1, 0.15) is 6.42 Å². The minimum Gasteiger partial charge on any atom is -0.364 e. The van der Waals surface area contributed by atoms with Gasteiger partial charge in [0.1, 0.15) is 6.20 Å². The number of nitrogens with zero attached hydrogens (tertiary/aromatic N) is 5. The highest BCUT2D eigenvalue weighted by atomic mass is 16.6. The van der Waals surface area contributed by atoms with Gasteiger partial charge in [-0.15, -0.1) is 0 Å². The van der Waals surface area contributed by atoms with Gasteiger partial charge in [0.25, 0.3) is 5.69 Å². The zero-order chi connectivity index (χ0) is 15.2. The maximum atomic E-state index is 10.9. The fourth-order valence-corrected chi connectivity index (χ4v) is 1.71. The van der Waals surface area contributed by atoms with E-state index in [-0.39, 0.29) is 5.82 Å². The summed E-state index contributed by atoms with van der Waals surface area (Å²) in [6.45, 7) is 1.15. The van der Waals surface area contributed by atoms with Crippen LogP contribution < -0.4 is 5.32 Å². The van der Waals surface area contributed by atoms with E-state index in [0.29, 0.717) is 19.5 Å². The molecule has 2 aromatic rings. The number of imidazole rings is 1. The second kappa shape index (κ2) is 6.41. The van der Waals surface area contributed by atoms with Crippen molar-refractivity contribution in [3.63, 3.8) is 0 Å². The Bertz CT molecular complexity index is 642. The van der Waals surface area contributed by atoms with Gasteiger partial charge in [0, 0.05) is 25.5 Å². The molecule has 0 aliphatic carbocycles. The van der Waals surface area contributed by atoms with E-state index in [2.05, 4.69) is 15.3 Å². The number of anilines is 1. The van der Waals surface area contributed by atoms with Crippen molar-refractivity contribution in [3.05, 3.63) is 51.2 Å². The first-order valence-corrected chi connectivity index (χ1v) is 6.06. The first kappa shape index (κ1) is 14.4. The highest BCUT2D eigenvalue weighted by Crippen LogP contribution is 2.26. The highest BCUT2D eigenvalue weighted by Gasteiger charge is 2.20. The molecule has 0 atom stereocenters. The first-order valence-electron chi connectivity index (χ1n) is 6.06. The smallest absolute Gasteiger partial charge is 0.318 e. The molecule has 0 saturated carbocycles. The van der Waals surface area contributed by atoms with Gasteiger partial charge in [-0.25, -0.2) is 9.97 Å². The molecule has 110 valence electrons. The molecule has 0 aliphatic heterocycles. The summed E-state index contributed by atoms with van der Waals surface area (Å²) >= 11 is 0. The lowest BCUT2D eigenvalue weighted by Crippen LogP contribution is -2.09. The van der Waals surface area contributed by atoms with Crippen molar-refractivity contribution in [3.8, 4) is 0 Å². The Morgan fingerprint density at radius 3 is 2.71 bits per heavy atom. The van der Waals surface area contributed by atoms with E-state index in [0.717, 1.165) is 12.3 Å². The summed E-state index contributed by atoms with van der Waals surface area (Å²) < 4.78 is 1.87. The largest absolute Gasteiger partial charge is 0.364 e. The number of nitro groups is 2. The van der Waals surface area contributed by atoms with Crippen molar-refractivity contribution in [2.24, 2.45) is 0 Å². The Morgan fingerprint density at radius 2 is 2.10 bits per heavy atom. The van der Waals surface area contributed by atoms with Gasteiger partial charge < -0.3 is 9.88 Å². The Morgan fingerprint density at radius 1 is 1.29 bits per heavy atom. The van der Waals surface area contributed by atoms with Gasteiger partial charge in [-0.3, -0.25) is 20.2 Å². The average Bonchev–Trinajstić information content (AvgIpc) is 2.96. The number of rotatable bonds is 7. The highest BCUT2D eigenvalue weighted by molar-refractivity contribution is 5.59. The molecule has 0 aliphatic rings. The van der Waals surface area contributed by atoms with Gasteiger partial charge in [-0.2, -0.15) is 0 Å². The molecule has 2 aromatic heterocycles. The van der Waals surface area contributed by atoms with Crippen LogP contribution in [0, 0.1) is 20.2 Å². The molecule has 0 fully saturated rings. The minimum atomic E-state index is -0.719. The predicted molar refractivity (Wildman–Crippen MR) is 72.9 cm³/mol. The molecule has 0 bridgehead atoms. The Kier molecular flexibility index (Phi) is 4.39. The molecule has 21 heavy (non-hydrogen) atoms. The van der Waals surface area contributed by atoms with Crippen molar-refractivity contribution in [2.75, 3.05) is 11.9 Å². The molecular weight excluding hydrogens is 280 g/mol. The van der Waals surface area contributed by atoms with E-state index in [4.69, 9.17) is 0 Å². The summed E-state index contributed by atoms with van der Waals surface area (Å²) in [7, 11) is 0. The summed E-state index contributed by atoms with van der Waals surface area (Å²) in [4.78, 5) is 27.7. The zero-order valence-electron chi connectivity index (χ0n) is 10.9. The van der Waals surface area contributed by atoms with Crippen LogP contribution in [0.25, 0.3) is 0 Å². The SMILES string of the molecule is O=[N+]([O-])c1cnc(NCCCn2ccnc2)c([N+](=O)[O-])c1. The Labute approximate surface area is 118 Å². The van der Waals surface area contributed by atoms with Crippen molar-refractivity contribution < 1.29 is 9.85 Å². The van der Waals surface area contributed by atoms with Crippen LogP contribution in [-0.2, 0) is 6.54 Å². The number of aromatic nitrogens is 3. The molecule has 10 heteroatoms. The van der Waals surface area contributed by atoms with Gasteiger partial charge in [0.2, 0.25) is 5.82 Å². The molecular formula is C11H12N6O4. The van der Waals surface area contributed by atoms with E-state index in [9.17, 15) is 20.2 Å². The third kappa shape index (κ3) is 3.72. The molecule has 2 rings (SSSR count). The summed E-state index contributed by atoms with van der Waals surface area (Å²) in [5.74, 6) is 0.0243. The normalized spacial score (nSPS) is 10.3. The lowest BCUT2D eigenvalue weighted by atomic mass is 10.3. The van der Waals surface area contributed by atoms with Gasteiger partial charge in [0.05, 0.1) is 22.2 Å². The summed E-state index contributed by atoms with van der Waals surface area (Å²) in [6.07, 6.45) is 6.84. The summed E-state index contributed by atoms with van der Waals surface area (Å²) in [5, 5.41) is 24.3. The van der Waals surface area contributed by atoms with Crippen LogP contribution in [0.3, 0.4) is 0 Å². The van der Waals surface area contributed by atoms with E-state index in [1.807, 2.05) is 10.8 Å². The van der Waals surface area contributed by atoms with Gasteiger partial charge in [-0.1, -0.05) is 0 Å². The maximum Gasteiger partial charge on any atom is 0.318 e.